The van der Waals surface area contributed by atoms with E-state index in [9.17, 15) is 4.79 Å². The Morgan fingerprint density at radius 1 is 1.50 bits per heavy atom. The van der Waals surface area contributed by atoms with E-state index in [4.69, 9.17) is 4.74 Å². The number of rotatable bonds is 3. The normalized spacial score (nSPS) is 13.9. The molecule has 0 atom stereocenters. The largest absolute Gasteiger partial charge is 0.485 e. The van der Waals surface area contributed by atoms with Gasteiger partial charge in [-0.1, -0.05) is 13.0 Å². The van der Waals surface area contributed by atoms with Crippen molar-refractivity contribution < 1.29 is 9.53 Å². The van der Waals surface area contributed by atoms with Gasteiger partial charge in [0.1, 0.15) is 5.75 Å². The Morgan fingerprint density at radius 2 is 2.36 bits per heavy atom. The fraction of sp³-hybridized carbons (Fsp3) is 0.364. The van der Waals surface area contributed by atoms with Crippen LogP contribution in [0.25, 0.3) is 0 Å². The molecule has 1 aliphatic heterocycles. The highest BCUT2D eigenvalue weighted by molar-refractivity contribution is 6.02. The van der Waals surface area contributed by atoms with E-state index in [1.54, 1.807) is 0 Å². The number of Topliss-reactive ketones (excluding diaryl/α,β-unsaturated/α-hetero) is 1. The molecule has 2 rings (SSSR count). The Kier molecular flexibility index (Phi) is 2.50. The molecule has 0 spiro atoms. The van der Waals surface area contributed by atoms with Crippen molar-refractivity contribution in [2.75, 3.05) is 13.2 Å². The van der Waals surface area contributed by atoms with Gasteiger partial charge in [0, 0.05) is 6.54 Å². The summed E-state index contributed by atoms with van der Waals surface area (Å²) in [5.74, 6) is 0.800. The SMILES string of the molecule is CCNCc1ccc2c(c1)C(=O)CO2. The summed E-state index contributed by atoms with van der Waals surface area (Å²) in [4.78, 5) is 11.3. The van der Waals surface area contributed by atoms with Gasteiger partial charge in [-0.2, -0.15) is 0 Å². The van der Waals surface area contributed by atoms with E-state index in [0.717, 1.165) is 30.0 Å². The zero-order valence-corrected chi connectivity index (χ0v) is 8.17. The van der Waals surface area contributed by atoms with Crippen molar-refractivity contribution in [3.63, 3.8) is 0 Å². The average Bonchev–Trinajstić information content (AvgIpc) is 2.57. The first-order chi connectivity index (χ1) is 6.81. The quantitative estimate of drug-likeness (QED) is 0.784. The summed E-state index contributed by atoms with van der Waals surface area (Å²) in [5.41, 5.74) is 1.85. The van der Waals surface area contributed by atoms with Crippen molar-refractivity contribution in [1.82, 2.24) is 5.32 Å². The number of carbonyl (C=O) groups is 1. The van der Waals surface area contributed by atoms with Gasteiger partial charge >= 0.3 is 0 Å². The molecule has 74 valence electrons. The number of ketones is 1. The van der Waals surface area contributed by atoms with E-state index in [1.807, 2.05) is 18.2 Å². The lowest BCUT2D eigenvalue weighted by atomic mass is 10.1. The first kappa shape index (κ1) is 9.21. The lowest BCUT2D eigenvalue weighted by Gasteiger charge is -2.03. The van der Waals surface area contributed by atoms with Gasteiger partial charge in [-0.15, -0.1) is 0 Å². The molecule has 1 aromatic carbocycles. The molecule has 0 amide bonds. The van der Waals surface area contributed by atoms with Crippen LogP contribution in [0.15, 0.2) is 18.2 Å². The summed E-state index contributed by atoms with van der Waals surface area (Å²) >= 11 is 0. The van der Waals surface area contributed by atoms with Crippen LogP contribution in [0.3, 0.4) is 0 Å². The number of benzene rings is 1. The van der Waals surface area contributed by atoms with Gasteiger partial charge in [0.2, 0.25) is 5.78 Å². The second-order valence-corrected chi connectivity index (χ2v) is 3.32. The lowest BCUT2D eigenvalue weighted by molar-refractivity contribution is 0.0961. The molecular formula is C11H13NO2. The van der Waals surface area contributed by atoms with Crippen LogP contribution in [0.2, 0.25) is 0 Å². The van der Waals surface area contributed by atoms with Crippen LogP contribution in [0.5, 0.6) is 5.75 Å². The summed E-state index contributed by atoms with van der Waals surface area (Å²) in [5, 5.41) is 3.22. The van der Waals surface area contributed by atoms with Crippen LogP contribution in [0.1, 0.15) is 22.8 Å². The molecule has 1 aromatic rings. The molecular weight excluding hydrogens is 178 g/mol. The van der Waals surface area contributed by atoms with Crippen LogP contribution < -0.4 is 10.1 Å². The van der Waals surface area contributed by atoms with Gasteiger partial charge in [-0.05, 0) is 24.2 Å². The molecule has 0 saturated carbocycles. The Balaban J connectivity index is 2.21. The maximum Gasteiger partial charge on any atom is 0.203 e. The van der Waals surface area contributed by atoms with Crippen molar-refractivity contribution in [2.24, 2.45) is 0 Å². The molecule has 14 heavy (non-hydrogen) atoms. The molecule has 1 aliphatic rings. The van der Waals surface area contributed by atoms with E-state index in [-0.39, 0.29) is 12.4 Å². The standard InChI is InChI=1S/C11H13NO2/c1-2-12-6-8-3-4-11-9(5-8)10(13)7-14-11/h3-5,12H,2,6-7H2,1H3. The molecule has 3 nitrogen and oxygen atoms in total. The number of hydrogen-bond acceptors (Lipinski definition) is 3. The van der Waals surface area contributed by atoms with Gasteiger partial charge in [-0.3, -0.25) is 4.79 Å². The van der Waals surface area contributed by atoms with Crippen LogP contribution in [0.4, 0.5) is 0 Å². The third kappa shape index (κ3) is 1.63. The number of hydrogen-bond donors (Lipinski definition) is 1. The van der Waals surface area contributed by atoms with Gasteiger partial charge in [-0.25, -0.2) is 0 Å². The van der Waals surface area contributed by atoms with Gasteiger partial charge in [0.15, 0.2) is 6.61 Å². The predicted molar refractivity (Wildman–Crippen MR) is 53.6 cm³/mol. The van der Waals surface area contributed by atoms with Crippen LogP contribution >= 0.6 is 0 Å². The summed E-state index contributed by atoms with van der Waals surface area (Å²) in [6.07, 6.45) is 0. The van der Waals surface area contributed by atoms with E-state index in [1.165, 1.54) is 0 Å². The molecule has 0 aromatic heterocycles. The molecule has 0 bridgehead atoms. The molecule has 0 saturated heterocycles. The second-order valence-electron chi connectivity index (χ2n) is 3.32. The maximum atomic E-state index is 11.3. The Labute approximate surface area is 83.1 Å². The molecule has 0 fully saturated rings. The minimum Gasteiger partial charge on any atom is -0.485 e. The monoisotopic (exact) mass is 191 g/mol. The van der Waals surface area contributed by atoms with E-state index in [2.05, 4.69) is 12.2 Å². The van der Waals surface area contributed by atoms with Crippen molar-refractivity contribution in [3.8, 4) is 5.75 Å². The first-order valence-electron chi connectivity index (χ1n) is 4.81. The van der Waals surface area contributed by atoms with Crippen LogP contribution in [0, 0.1) is 0 Å². The third-order valence-corrected chi connectivity index (χ3v) is 2.28. The highest BCUT2D eigenvalue weighted by atomic mass is 16.5. The number of ether oxygens (including phenoxy) is 1. The lowest BCUT2D eigenvalue weighted by Crippen LogP contribution is -2.11. The predicted octanol–water partition coefficient (Wildman–Crippen LogP) is 1.37. The number of nitrogens with one attached hydrogen (secondary N) is 1. The minimum atomic E-state index is 0.0818. The first-order valence-corrected chi connectivity index (χ1v) is 4.81. The Bertz CT molecular complexity index is 360. The summed E-state index contributed by atoms with van der Waals surface area (Å²) in [6.45, 7) is 3.99. The fourth-order valence-corrected chi connectivity index (χ4v) is 1.52. The van der Waals surface area contributed by atoms with Crippen molar-refractivity contribution in [2.45, 2.75) is 13.5 Å². The zero-order valence-electron chi connectivity index (χ0n) is 8.17. The summed E-state index contributed by atoms with van der Waals surface area (Å²) in [7, 11) is 0. The second kappa shape index (κ2) is 3.80. The molecule has 0 aliphatic carbocycles. The number of carbonyl (C=O) groups excluding carboxylic acids is 1. The van der Waals surface area contributed by atoms with Gasteiger partial charge in [0.25, 0.3) is 0 Å². The summed E-state index contributed by atoms with van der Waals surface area (Å²) < 4.78 is 5.20. The molecule has 0 radical (unpaired) electrons. The van der Waals surface area contributed by atoms with Crippen LogP contribution in [-0.2, 0) is 6.54 Å². The zero-order chi connectivity index (χ0) is 9.97. The molecule has 1 N–H and O–H groups in total. The van der Waals surface area contributed by atoms with Crippen LogP contribution in [-0.4, -0.2) is 18.9 Å². The molecule has 1 heterocycles. The third-order valence-electron chi connectivity index (χ3n) is 2.28. The maximum absolute atomic E-state index is 11.3. The van der Waals surface area contributed by atoms with E-state index in [0.29, 0.717) is 0 Å². The topological polar surface area (TPSA) is 38.3 Å². The van der Waals surface area contributed by atoms with E-state index < -0.39 is 0 Å². The van der Waals surface area contributed by atoms with E-state index >= 15 is 0 Å². The average molecular weight is 191 g/mol. The Morgan fingerprint density at radius 3 is 3.14 bits per heavy atom. The highest BCUT2D eigenvalue weighted by Crippen LogP contribution is 2.25. The molecule has 0 unspecified atom stereocenters. The summed E-state index contributed by atoms with van der Waals surface area (Å²) in [6, 6.07) is 5.76. The highest BCUT2D eigenvalue weighted by Gasteiger charge is 2.20. The number of fused-ring (bicyclic) bond motifs is 1. The fourth-order valence-electron chi connectivity index (χ4n) is 1.52. The smallest absolute Gasteiger partial charge is 0.203 e. The van der Waals surface area contributed by atoms with Crippen molar-refractivity contribution >= 4 is 5.78 Å². The van der Waals surface area contributed by atoms with Gasteiger partial charge in [0.05, 0.1) is 5.56 Å². The van der Waals surface area contributed by atoms with Crippen molar-refractivity contribution in [1.29, 1.82) is 0 Å². The molecule has 3 heteroatoms. The Hall–Kier alpha value is -1.35. The van der Waals surface area contributed by atoms with Crippen molar-refractivity contribution in [3.05, 3.63) is 29.3 Å². The van der Waals surface area contributed by atoms with Gasteiger partial charge < -0.3 is 10.1 Å². The minimum absolute atomic E-state index is 0.0818.